The molecule has 2 aromatic carbocycles. The Balaban J connectivity index is 1.78. The lowest BCUT2D eigenvalue weighted by atomic mass is 10.1. The number of nitrogens with one attached hydrogen (secondary N) is 2. The second kappa shape index (κ2) is 7.40. The molecular weight excluding hydrogens is 314 g/mol. The highest BCUT2D eigenvalue weighted by Gasteiger charge is 2.12. The lowest BCUT2D eigenvalue weighted by Gasteiger charge is -2.11. The fraction of sp³-hybridized carbons (Fsp3) is 0.0500. The van der Waals surface area contributed by atoms with Crippen LogP contribution in [0.15, 0.2) is 72.9 Å². The summed E-state index contributed by atoms with van der Waals surface area (Å²) in [4.78, 5) is 28.8. The van der Waals surface area contributed by atoms with Crippen LogP contribution in [0, 0.1) is 6.92 Å². The van der Waals surface area contributed by atoms with Crippen LogP contribution in [0.4, 0.5) is 11.5 Å². The number of anilines is 2. The molecule has 5 nitrogen and oxygen atoms in total. The van der Waals surface area contributed by atoms with Gasteiger partial charge in [0.15, 0.2) is 0 Å². The number of aryl methyl sites for hydroxylation is 1. The van der Waals surface area contributed by atoms with Gasteiger partial charge in [-0.25, -0.2) is 4.98 Å². The van der Waals surface area contributed by atoms with Gasteiger partial charge < -0.3 is 10.6 Å². The van der Waals surface area contributed by atoms with Crippen LogP contribution in [0.25, 0.3) is 0 Å². The molecule has 0 atom stereocenters. The number of hydrogen-bond acceptors (Lipinski definition) is 3. The first-order chi connectivity index (χ1) is 12.1. The minimum absolute atomic E-state index is 0.217. The molecule has 0 bridgehead atoms. The summed E-state index contributed by atoms with van der Waals surface area (Å²) in [5.41, 5.74) is 2.48. The number of rotatable bonds is 4. The zero-order valence-electron chi connectivity index (χ0n) is 13.7. The van der Waals surface area contributed by atoms with Gasteiger partial charge in [-0.15, -0.1) is 0 Å². The maximum Gasteiger partial charge on any atom is 0.256 e. The van der Waals surface area contributed by atoms with E-state index in [1.54, 1.807) is 66.9 Å². The molecule has 2 amide bonds. The van der Waals surface area contributed by atoms with Crippen LogP contribution in [0.3, 0.4) is 0 Å². The topological polar surface area (TPSA) is 71.1 Å². The van der Waals surface area contributed by atoms with Gasteiger partial charge in [0.2, 0.25) is 0 Å². The lowest BCUT2D eigenvalue weighted by molar-refractivity contribution is 0.101. The molecular formula is C20H17N3O2. The van der Waals surface area contributed by atoms with Crippen molar-refractivity contribution in [1.82, 2.24) is 4.98 Å². The van der Waals surface area contributed by atoms with E-state index in [-0.39, 0.29) is 11.8 Å². The molecule has 0 fully saturated rings. The van der Waals surface area contributed by atoms with Crippen molar-refractivity contribution in [2.45, 2.75) is 6.92 Å². The zero-order chi connectivity index (χ0) is 17.6. The van der Waals surface area contributed by atoms with E-state index < -0.39 is 0 Å². The van der Waals surface area contributed by atoms with Crippen molar-refractivity contribution in [3.63, 3.8) is 0 Å². The smallest absolute Gasteiger partial charge is 0.256 e. The van der Waals surface area contributed by atoms with Crippen molar-refractivity contribution in [1.29, 1.82) is 0 Å². The van der Waals surface area contributed by atoms with Gasteiger partial charge in [0.25, 0.3) is 11.8 Å². The summed E-state index contributed by atoms with van der Waals surface area (Å²) in [5.74, 6) is -0.0251. The number of hydrogen-bond donors (Lipinski definition) is 2. The van der Waals surface area contributed by atoms with Crippen LogP contribution in [-0.2, 0) is 0 Å². The molecule has 3 rings (SSSR count). The normalized spacial score (nSPS) is 10.1. The van der Waals surface area contributed by atoms with E-state index in [1.807, 2.05) is 13.0 Å². The average molecular weight is 331 g/mol. The Hall–Kier alpha value is -3.47. The molecule has 2 N–H and O–H groups in total. The van der Waals surface area contributed by atoms with Crippen LogP contribution in [0.2, 0.25) is 0 Å². The Labute approximate surface area is 145 Å². The van der Waals surface area contributed by atoms with Gasteiger partial charge >= 0.3 is 0 Å². The van der Waals surface area contributed by atoms with E-state index in [0.717, 1.165) is 5.56 Å². The van der Waals surface area contributed by atoms with E-state index in [2.05, 4.69) is 15.6 Å². The standard InChI is InChI=1S/C20H17N3O2/c1-14-10-11-16(20(25)23-18-9-5-6-12-21-18)13-17(14)22-19(24)15-7-3-2-4-8-15/h2-13H,1H3,(H,22,24)(H,21,23,25). The first-order valence-corrected chi connectivity index (χ1v) is 7.83. The maximum atomic E-state index is 12.4. The van der Waals surface area contributed by atoms with Gasteiger partial charge in [-0.2, -0.15) is 0 Å². The Morgan fingerprint density at radius 3 is 2.24 bits per heavy atom. The molecule has 5 heteroatoms. The van der Waals surface area contributed by atoms with Gasteiger partial charge in [0.1, 0.15) is 5.82 Å². The van der Waals surface area contributed by atoms with Gasteiger partial charge in [0.05, 0.1) is 0 Å². The van der Waals surface area contributed by atoms with E-state index in [1.165, 1.54) is 0 Å². The van der Waals surface area contributed by atoms with Gasteiger partial charge in [-0.05, 0) is 48.9 Å². The minimum Gasteiger partial charge on any atom is -0.322 e. The molecule has 0 spiro atoms. The molecule has 0 aliphatic heterocycles. The lowest BCUT2D eigenvalue weighted by Crippen LogP contribution is -2.16. The maximum absolute atomic E-state index is 12.4. The SMILES string of the molecule is Cc1ccc(C(=O)Nc2ccccn2)cc1NC(=O)c1ccccc1. The third-order valence-electron chi connectivity index (χ3n) is 3.69. The molecule has 25 heavy (non-hydrogen) atoms. The second-order valence-corrected chi connectivity index (χ2v) is 5.52. The zero-order valence-corrected chi connectivity index (χ0v) is 13.7. The summed E-state index contributed by atoms with van der Waals surface area (Å²) in [6, 6.07) is 19.4. The van der Waals surface area contributed by atoms with Crippen LogP contribution in [-0.4, -0.2) is 16.8 Å². The third kappa shape index (κ3) is 4.09. The molecule has 0 radical (unpaired) electrons. The van der Waals surface area contributed by atoms with Gasteiger partial charge in [-0.3, -0.25) is 9.59 Å². The van der Waals surface area contributed by atoms with Gasteiger partial charge in [0, 0.05) is 23.0 Å². The molecule has 124 valence electrons. The van der Waals surface area contributed by atoms with Crippen molar-refractivity contribution in [2.75, 3.05) is 10.6 Å². The summed E-state index contributed by atoms with van der Waals surface area (Å²) in [7, 11) is 0. The summed E-state index contributed by atoms with van der Waals surface area (Å²) in [5, 5.41) is 5.58. The van der Waals surface area contributed by atoms with E-state index in [4.69, 9.17) is 0 Å². The minimum atomic E-state index is -0.283. The molecule has 1 heterocycles. The third-order valence-corrected chi connectivity index (χ3v) is 3.69. The summed E-state index contributed by atoms with van der Waals surface area (Å²) < 4.78 is 0. The number of nitrogens with zero attached hydrogens (tertiary/aromatic N) is 1. The van der Waals surface area contributed by atoms with Crippen molar-refractivity contribution in [3.8, 4) is 0 Å². The quantitative estimate of drug-likeness (QED) is 0.762. The average Bonchev–Trinajstić information content (AvgIpc) is 2.65. The number of aromatic nitrogens is 1. The Morgan fingerprint density at radius 2 is 1.52 bits per heavy atom. The molecule has 0 saturated carbocycles. The fourth-order valence-corrected chi connectivity index (χ4v) is 2.31. The van der Waals surface area contributed by atoms with Crippen LogP contribution >= 0.6 is 0 Å². The summed E-state index contributed by atoms with van der Waals surface area (Å²) in [6.45, 7) is 1.88. The van der Waals surface area contributed by atoms with Crippen LogP contribution < -0.4 is 10.6 Å². The second-order valence-electron chi connectivity index (χ2n) is 5.52. The molecule has 0 unspecified atom stereocenters. The van der Waals surface area contributed by atoms with Crippen LogP contribution in [0.1, 0.15) is 26.3 Å². The van der Waals surface area contributed by atoms with Gasteiger partial charge in [-0.1, -0.05) is 30.3 Å². The Morgan fingerprint density at radius 1 is 0.800 bits per heavy atom. The molecule has 0 aliphatic rings. The number of benzene rings is 2. The number of carbonyl (C=O) groups excluding carboxylic acids is 2. The monoisotopic (exact) mass is 331 g/mol. The largest absolute Gasteiger partial charge is 0.322 e. The highest BCUT2D eigenvalue weighted by atomic mass is 16.2. The first kappa shape index (κ1) is 16.4. The van der Waals surface area contributed by atoms with E-state index in [9.17, 15) is 9.59 Å². The van der Waals surface area contributed by atoms with Crippen molar-refractivity contribution >= 4 is 23.3 Å². The van der Waals surface area contributed by atoms with Crippen molar-refractivity contribution in [2.24, 2.45) is 0 Å². The predicted octanol–water partition coefficient (Wildman–Crippen LogP) is 3.89. The molecule has 1 aromatic heterocycles. The van der Waals surface area contributed by atoms with E-state index in [0.29, 0.717) is 22.6 Å². The Bertz CT molecular complexity index is 893. The number of amides is 2. The van der Waals surface area contributed by atoms with Crippen molar-refractivity contribution < 1.29 is 9.59 Å². The Kier molecular flexibility index (Phi) is 4.85. The fourth-order valence-electron chi connectivity index (χ4n) is 2.31. The molecule has 3 aromatic rings. The van der Waals surface area contributed by atoms with Crippen LogP contribution in [0.5, 0.6) is 0 Å². The highest BCUT2D eigenvalue weighted by molar-refractivity contribution is 6.07. The highest BCUT2D eigenvalue weighted by Crippen LogP contribution is 2.19. The number of carbonyl (C=O) groups is 2. The molecule has 0 saturated heterocycles. The van der Waals surface area contributed by atoms with E-state index >= 15 is 0 Å². The summed E-state index contributed by atoms with van der Waals surface area (Å²) in [6.07, 6.45) is 1.61. The summed E-state index contributed by atoms with van der Waals surface area (Å²) >= 11 is 0. The molecule has 0 aliphatic carbocycles. The first-order valence-electron chi connectivity index (χ1n) is 7.83. The predicted molar refractivity (Wildman–Crippen MR) is 97.8 cm³/mol. The van der Waals surface area contributed by atoms with Crippen molar-refractivity contribution in [3.05, 3.63) is 89.6 Å². The number of pyridine rings is 1.